The fourth-order valence-electron chi connectivity index (χ4n) is 3.55. The SMILES string of the molecule is CCCCn1c(=O)[nH]c(=O)c2c1nc(COC(=O)c1cc(OC)c3c(c1)OCCO3)n2C. The minimum absolute atomic E-state index is 0.192. The number of H-pyrrole nitrogens is 1. The Kier molecular flexibility index (Phi) is 5.89. The van der Waals surface area contributed by atoms with Crippen molar-refractivity contribution in [1.29, 1.82) is 0 Å². The van der Waals surface area contributed by atoms with Crippen molar-refractivity contribution in [3.05, 3.63) is 44.4 Å². The molecule has 0 bridgehead atoms. The van der Waals surface area contributed by atoms with Gasteiger partial charge in [-0.2, -0.15) is 0 Å². The lowest BCUT2D eigenvalue weighted by atomic mass is 10.1. The summed E-state index contributed by atoms with van der Waals surface area (Å²) < 4.78 is 24.8. The zero-order valence-corrected chi connectivity index (χ0v) is 18.1. The zero-order chi connectivity index (χ0) is 22.8. The molecular formula is C21H24N4O7. The minimum atomic E-state index is -0.621. The molecule has 0 aliphatic carbocycles. The molecule has 4 rings (SSSR count). The van der Waals surface area contributed by atoms with Gasteiger partial charge in [0.2, 0.25) is 5.75 Å². The molecule has 11 nitrogen and oxygen atoms in total. The lowest BCUT2D eigenvalue weighted by Gasteiger charge is -2.21. The van der Waals surface area contributed by atoms with E-state index in [0.717, 1.165) is 12.8 Å². The number of benzene rings is 1. The van der Waals surface area contributed by atoms with Gasteiger partial charge in [0.05, 0.1) is 12.7 Å². The van der Waals surface area contributed by atoms with Gasteiger partial charge >= 0.3 is 11.7 Å². The Hall–Kier alpha value is -3.76. The molecule has 32 heavy (non-hydrogen) atoms. The van der Waals surface area contributed by atoms with E-state index in [1.165, 1.54) is 28.4 Å². The number of esters is 1. The zero-order valence-electron chi connectivity index (χ0n) is 18.1. The highest BCUT2D eigenvalue weighted by Gasteiger charge is 2.23. The second-order valence-electron chi connectivity index (χ2n) is 7.30. The molecule has 1 aliphatic heterocycles. The molecular weight excluding hydrogens is 420 g/mol. The third kappa shape index (κ3) is 3.81. The van der Waals surface area contributed by atoms with Crippen LogP contribution in [0.2, 0.25) is 0 Å². The predicted molar refractivity (Wildman–Crippen MR) is 114 cm³/mol. The number of carbonyl (C=O) groups is 1. The van der Waals surface area contributed by atoms with Crippen LogP contribution in [0.5, 0.6) is 17.2 Å². The number of imidazole rings is 1. The van der Waals surface area contributed by atoms with Crippen LogP contribution in [0.4, 0.5) is 0 Å². The highest BCUT2D eigenvalue weighted by atomic mass is 16.6. The van der Waals surface area contributed by atoms with Gasteiger partial charge in [0.15, 0.2) is 22.7 Å². The molecule has 0 spiro atoms. The smallest absolute Gasteiger partial charge is 0.338 e. The fraction of sp³-hybridized carbons (Fsp3) is 0.429. The number of carbonyl (C=O) groups excluding carboxylic acids is 1. The van der Waals surface area contributed by atoms with Crippen molar-refractivity contribution in [3.8, 4) is 17.2 Å². The Morgan fingerprint density at radius 3 is 2.78 bits per heavy atom. The molecule has 1 aliphatic rings. The molecule has 0 atom stereocenters. The number of nitrogens with one attached hydrogen (secondary N) is 1. The molecule has 0 saturated carbocycles. The topological polar surface area (TPSA) is 127 Å². The predicted octanol–water partition coefficient (Wildman–Crippen LogP) is 1.36. The van der Waals surface area contributed by atoms with Gasteiger partial charge in [0.1, 0.15) is 25.6 Å². The number of methoxy groups -OCH3 is 1. The Labute approximate surface area is 182 Å². The van der Waals surface area contributed by atoms with E-state index in [0.29, 0.717) is 42.8 Å². The Morgan fingerprint density at radius 2 is 2.03 bits per heavy atom. The maximum absolute atomic E-state index is 12.7. The second-order valence-corrected chi connectivity index (χ2v) is 7.30. The highest BCUT2D eigenvalue weighted by Crippen LogP contribution is 2.40. The van der Waals surface area contributed by atoms with Gasteiger partial charge in [0.25, 0.3) is 5.56 Å². The van der Waals surface area contributed by atoms with Gasteiger partial charge in [0, 0.05) is 13.6 Å². The molecule has 11 heteroatoms. The van der Waals surface area contributed by atoms with Crippen LogP contribution in [0.15, 0.2) is 21.7 Å². The average molecular weight is 444 g/mol. The number of unbranched alkanes of at least 4 members (excludes halogenated alkanes) is 1. The summed E-state index contributed by atoms with van der Waals surface area (Å²) in [5.41, 5.74) is -0.320. The number of hydrogen-bond donors (Lipinski definition) is 1. The van der Waals surface area contributed by atoms with Crippen LogP contribution in [0.3, 0.4) is 0 Å². The molecule has 1 aromatic carbocycles. The summed E-state index contributed by atoms with van der Waals surface area (Å²) in [4.78, 5) is 44.0. The van der Waals surface area contributed by atoms with Crippen molar-refractivity contribution >= 4 is 17.1 Å². The largest absolute Gasteiger partial charge is 0.493 e. The van der Waals surface area contributed by atoms with Crippen LogP contribution in [0.25, 0.3) is 11.2 Å². The summed E-state index contributed by atoms with van der Waals surface area (Å²) in [6, 6.07) is 3.04. The molecule has 0 radical (unpaired) electrons. The summed E-state index contributed by atoms with van der Waals surface area (Å²) >= 11 is 0. The molecule has 0 fully saturated rings. The van der Waals surface area contributed by atoms with Crippen LogP contribution in [-0.2, 0) is 24.9 Å². The lowest BCUT2D eigenvalue weighted by molar-refractivity contribution is 0.0458. The lowest BCUT2D eigenvalue weighted by Crippen LogP contribution is -2.31. The fourth-order valence-corrected chi connectivity index (χ4v) is 3.55. The molecule has 170 valence electrons. The average Bonchev–Trinajstić information content (AvgIpc) is 3.12. The normalized spacial score (nSPS) is 12.7. The molecule has 0 unspecified atom stereocenters. The maximum atomic E-state index is 12.7. The van der Waals surface area contributed by atoms with E-state index in [4.69, 9.17) is 18.9 Å². The molecule has 0 saturated heterocycles. The molecule has 3 aromatic rings. The number of hydrogen-bond acceptors (Lipinski definition) is 8. The van der Waals surface area contributed by atoms with Crippen LogP contribution in [-0.4, -0.2) is 45.4 Å². The summed E-state index contributed by atoms with van der Waals surface area (Å²) in [6.07, 6.45) is 1.64. The van der Waals surface area contributed by atoms with Crippen LogP contribution >= 0.6 is 0 Å². The van der Waals surface area contributed by atoms with Gasteiger partial charge in [-0.1, -0.05) is 13.3 Å². The van der Waals surface area contributed by atoms with E-state index in [-0.39, 0.29) is 23.3 Å². The van der Waals surface area contributed by atoms with Crippen LogP contribution < -0.4 is 25.5 Å². The number of ether oxygens (including phenoxy) is 4. The van der Waals surface area contributed by atoms with Crippen LogP contribution in [0, 0.1) is 0 Å². The van der Waals surface area contributed by atoms with E-state index >= 15 is 0 Å². The summed E-state index contributed by atoms with van der Waals surface area (Å²) in [6.45, 7) is 2.99. The second kappa shape index (κ2) is 8.77. The quantitative estimate of drug-likeness (QED) is 0.541. The number of fused-ring (bicyclic) bond motifs is 2. The first-order chi connectivity index (χ1) is 15.4. The Balaban J connectivity index is 1.61. The Bertz CT molecular complexity index is 1270. The van der Waals surface area contributed by atoms with Crippen molar-refractivity contribution in [1.82, 2.24) is 19.1 Å². The third-order valence-electron chi connectivity index (χ3n) is 5.24. The highest BCUT2D eigenvalue weighted by molar-refractivity contribution is 5.91. The first kappa shape index (κ1) is 21.5. The van der Waals surface area contributed by atoms with E-state index in [2.05, 4.69) is 9.97 Å². The van der Waals surface area contributed by atoms with Crippen molar-refractivity contribution in [3.63, 3.8) is 0 Å². The first-order valence-corrected chi connectivity index (χ1v) is 10.3. The van der Waals surface area contributed by atoms with E-state index in [1.807, 2.05) is 6.92 Å². The van der Waals surface area contributed by atoms with E-state index in [9.17, 15) is 14.4 Å². The number of aromatic amines is 1. The first-order valence-electron chi connectivity index (χ1n) is 10.3. The summed E-state index contributed by atoms with van der Waals surface area (Å²) in [7, 11) is 3.10. The van der Waals surface area contributed by atoms with Crippen molar-refractivity contribution in [2.75, 3.05) is 20.3 Å². The van der Waals surface area contributed by atoms with Crippen molar-refractivity contribution in [2.45, 2.75) is 32.9 Å². The maximum Gasteiger partial charge on any atom is 0.338 e. The van der Waals surface area contributed by atoms with Crippen molar-refractivity contribution in [2.24, 2.45) is 7.05 Å². The van der Waals surface area contributed by atoms with Gasteiger partial charge in [-0.05, 0) is 18.6 Å². The molecule has 0 amide bonds. The van der Waals surface area contributed by atoms with Gasteiger partial charge in [-0.3, -0.25) is 14.3 Å². The minimum Gasteiger partial charge on any atom is -0.493 e. The van der Waals surface area contributed by atoms with Gasteiger partial charge in [-0.25, -0.2) is 14.6 Å². The third-order valence-corrected chi connectivity index (χ3v) is 5.24. The Morgan fingerprint density at radius 1 is 1.25 bits per heavy atom. The summed E-state index contributed by atoms with van der Waals surface area (Å²) in [5.74, 6) is 0.916. The van der Waals surface area contributed by atoms with E-state index < -0.39 is 17.2 Å². The monoisotopic (exact) mass is 444 g/mol. The molecule has 3 heterocycles. The van der Waals surface area contributed by atoms with Gasteiger partial charge in [-0.15, -0.1) is 0 Å². The molecule has 2 aromatic heterocycles. The van der Waals surface area contributed by atoms with Crippen molar-refractivity contribution < 1.29 is 23.7 Å². The standard InChI is InChI=1S/C21H24N4O7/c1-4-5-6-25-18-16(19(26)23-21(25)28)24(2)15(22-18)11-32-20(27)12-9-13(29-3)17-14(10-12)30-7-8-31-17/h9-10H,4-8,11H2,1-3H3,(H,23,26,28). The number of nitrogens with zero attached hydrogens (tertiary/aromatic N) is 3. The summed E-state index contributed by atoms with van der Waals surface area (Å²) in [5, 5.41) is 0. The molecule has 1 N–H and O–H groups in total. The number of aryl methyl sites for hydroxylation is 2. The van der Waals surface area contributed by atoms with Crippen LogP contribution in [0.1, 0.15) is 35.9 Å². The number of rotatable bonds is 7. The van der Waals surface area contributed by atoms with Gasteiger partial charge < -0.3 is 23.5 Å². The number of aromatic nitrogens is 4. The van der Waals surface area contributed by atoms with E-state index in [1.54, 1.807) is 7.05 Å².